The van der Waals surface area contributed by atoms with E-state index in [1.54, 1.807) is 0 Å². The number of imidazole rings is 1. The van der Waals surface area contributed by atoms with Gasteiger partial charge in [0.15, 0.2) is 5.58 Å². The zero-order chi connectivity index (χ0) is 23.1. The predicted molar refractivity (Wildman–Crippen MR) is 136 cm³/mol. The maximum Gasteiger partial charge on any atom is 0.307 e. The van der Waals surface area contributed by atoms with Crippen LogP contribution in [0.2, 0.25) is 0 Å². The molecule has 2 heterocycles. The van der Waals surface area contributed by atoms with Gasteiger partial charge in [-0.2, -0.15) is 4.98 Å². The van der Waals surface area contributed by atoms with Gasteiger partial charge in [0, 0.05) is 11.1 Å². The molecule has 0 aliphatic carbocycles. The van der Waals surface area contributed by atoms with Crippen LogP contribution in [-0.2, 0) is 0 Å². The lowest BCUT2D eigenvalue weighted by Gasteiger charge is -2.10. The molecule has 34 heavy (non-hydrogen) atoms. The van der Waals surface area contributed by atoms with Crippen molar-refractivity contribution in [2.24, 2.45) is 0 Å². The largest absolute Gasteiger partial charge is 0.457 e. The summed E-state index contributed by atoms with van der Waals surface area (Å²) in [6, 6.07) is 34.7. The smallest absolute Gasteiger partial charge is 0.307 e. The number of oxazole rings is 1. The van der Waals surface area contributed by atoms with Crippen molar-refractivity contribution in [2.45, 2.75) is 19.8 Å². The van der Waals surface area contributed by atoms with Crippen LogP contribution < -0.4 is 4.74 Å². The van der Waals surface area contributed by atoms with Crippen molar-refractivity contribution in [3.63, 3.8) is 0 Å². The molecule has 6 rings (SSSR count). The van der Waals surface area contributed by atoms with Crippen molar-refractivity contribution in [3.8, 4) is 34.0 Å². The third-order valence-corrected chi connectivity index (χ3v) is 6.11. The molecule has 4 nitrogen and oxygen atoms in total. The number of aromatic nitrogens is 2. The van der Waals surface area contributed by atoms with E-state index in [4.69, 9.17) is 14.1 Å². The molecule has 6 aromatic rings. The standard InChI is InChI=1S/C30H24N2O2/c1-20(2)21-12-14-23(15-13-21)29-28(31-30-32(29)26-10-6-7-11-27(26)34-30)22-16-18-25(19-17-22)33-24-8-4-3-5-9-24/h3-20H,1-2H3. The number of fused-ring (bicyclic) bond motifs is 3. The van der Waals surface area contributed by atoms with Gasteiger partial charge in [-0.25, -0.2) is 0 Å². The Hall–Kier alpha value is -4.31. The van der Waals surface area contributed by atoms with E-state index in [9.17, 15) is 0 Å². The molecule has 4 aromatic carbocycles. The molecular formula is C30H24N2O2. The molecule has 0 aliphatic heterocycles. The molecule has 0 bridgehead atoms. The van der Waals surface area contributed by atoms with Gasteiger partial charge >= 0.3 is 5.84 Å². The highest BCUT2D eigenvalue weighted by Crippen LogP contribution is 2.37. The number of rotatable bonds is 5. The molecule has 0 unspecified atom stereocenters. The Labute approximate surface area is 198 Å². The minimum Gasteiger partial charge on any atom is -0.457 e. The third kappa shape index (κ3) is 3.54. The van der Waals surface area contributed by atoms with Gasteiger partial charge in [-0.1, -0.05) is 68.4 Å². The molecular weight excluding hydrogens is 420 g/mol. The molecule has 0 fully saturated rings. The Balaban J connectivity index is 1.48. The maximum absolute atomic E-state index is 6.11. The zero-order valence-corrected chi connectivity index (χ0v) is 19.1. The van der Waals surface area contributed by atoms with Crippen molar-refractivity contribution in [3.05, 3.63) is 109 Å². The lowest BCUT2D eigenvalue weighted by molar-refractivity contribution is 0.483. The first-order chi connectivity index (χ1) is 16.7. The average Bonchev–Trinajstić information content (AvgIpc) is 3.41. The Bertz CT molecular complexity index is 1580. The quantitative estimate of drug-likeness (QED) is 0.268. The summed E-state index contributed by atoms with van der Waals surface area (Å²) in [4.78, 5) is 4.92. The van der Waals surface area contributed by atoms with Gasteiger partial charge < -0.3 is 9.15 Å². The monoisotopic (exact) mass is 444 g/mol. The van der Waals surface area contributed by atoms with Crippen molar-refractivity contribution in [1.82, 2.24) is 9.38 Å². The van der Waals surface area contributed by atoms with Gasteiger partial charge in [0.25, 0.3) is 0 Å². The molecule has 0 N–H and O–H groups in total. The van der Waals surface area contributed by atoms with Crippen LogP contribution in [0.1, 0.15) is 25.3 Å². The van der Waals surface area contributed by atoms with Crippen LogP contribution in [-0.4, -0.2) is 9.38 Å². The van der Waals surface area contributed by atoms with E-state index in [0.29, 0.717) is 11.8 Å². The lowest BCUT2D eigenvalue weighted by Crippen LogP contribution is -1.91. The van der Waals surface area contributed by atoms with E-state index < -0.39 is 0 Å². The Morgan fingerprint density at radius 2 is 1.35 bits per heavy atom. The van der Waals surface area contributed by atoms with Gasteiger partial charge in [0.05, 0.1) is 11.2 Å². The molecule has 166 valence electrons. The Morgan fingerprint density at radius 1 is 0.706 bits per heavy atom. The minimum atomic E-state index is 0.478. The molecule has 0 atom stereocenters. The minimum absolute atomic E-state index is 0.478. The van der Waals surface area contributed by atoms with Gasteiger partial charge in [0.2, 0.25) is 0 Å². The molecule has 0 spiro atoms. The van der Waals surface area contributed by atoms with Gasteiger partial charge in [0.1, 0.15) is 17.2 Å². The Kier molecular flexibility index (Phi) is 4.92. The van der Waals surface area contributed by atoms with Crippen molar-refractivity contribution in [1.29, 1.82) is 0 Å². The summed E-state index contributed by atoms with van der Waals surface area (Å²) in [6.07, 6.45) is 0. The average molecular weight is 445 g/mol. The maximum atomic E-state index is 6.11. The number of ether oxygens (including phenoxy) is 1. The van der Waals surface area contributed by atoms with E-state index in [1.165, 1.54) is 5.56 Å². The van der Waals surface area contributed by atoms with E-state index in [-0.39, 0.29) is 0 Å². The first-order valence-corrected chi connectivity index (χ1v) is 11.5. The summed E-state index contributed by atoms with van der Waals surface area (Å²) < 4.78 is 14.2. The fourth-order valence-corrected chi connectivity index (χ4v) is 4.32. The zero-order valence-electron chi connectivity index (χ0n) is 19.1. The van der Waals surface area contributed by atoms with Crippen molar-refractivity contribution < 1.29 is 9.15 Å². The molecule has 0 aliphatic rings. The predicted octanol–water partition coefficient (Wildman–Crippen LogP) is 8.33. The highest BCUT2D eigenvalue weighted by atomic mass is 16.5. The van der Waals surface area contributed by atoms with Crippen LogP contribution >= 0.6 is 0 Å². The second kappa shape index (κ2) is 8.23. The first-order valence-electron chi connectivity index (χ1n) is 11.5. The topological polar surface area (TPSA) is 39.7 Å². The molecule has 2 aromatic heterocycles. The summed E-state index contributed by atoms with van der Waals surface area (Å²) in [5.41, 5.74) is 7.14. The van der Waals surface area contributed by atoms with E-state index >= 15 is 0 Å². The number of benzene rings is 4. The third-order valence-electron chi connectivity index (χ3n) is 6.11. The van der Waals surface area contributed by atoms with Crippen LogP contribution in [0.15, 0.2) is 108 Å². The van der Waals surface area contributed by atoms with E-state index in [1.807, 2.05) is 72.8 Å². The molecule has 0 radical (unpaired) electrons. The number of hydrogen-bond donors (Lipinski definition) is 0. The van der Waals surface area contributed by atoms with Crippen molar-refractivity contribution >= 4 is 16.9 Å². The normalized spacial score (nSPS) is 11.5. The van der Waals surface area contributed by atoms with E-state index in [0.717, 1.165) is 45.1 Å². The summed E-state index contributed by atoms with van der Waals surface area (Å²) >= 11 is 0. The second-order valence-electron chi connectivity index (χ2n) is 8.71. The molecule has 0 saturated carbocycles. The van der Waals surface area contributed by atoms with Crippen molar-refractivity contribution in [2.75, 3.05) is 0 Å². The fraction of sp³-hybridized carbons (Fsp3) is 0.100. The SMILES string of the molecule is CC(C)c1ccc(-c2c(-c3ccc(Oc4ccccc4)cc3)nc3oc4ccccc4n23)cc1. The summed E-state index contributed by atoms with van der Waals surface area (Å²) in [7, 11) is 0. The highest BCUT2D eigenvalue weighted by molar-refractivity contribution is 5.87. The van der Waals surface area contributed by atoms with Crippen LogP contribution in [0.3, 0.4) is 0 Å². The van der Waals surface area contributed by atoms with Gasteiger partial charge in [-0.3, -0.25) is 4.40 Å². The molecule has 4 heteroatoms. The van der Waals surface area contributed by atoms with Gasteiger partial charge in [-0.05, 0) is 60.0 Å². The van der Waals surface area contributed by atoms with Gasteiger partial charge in [-0.15, -0.1) is 0 Å². The van der Waals surface area contributed by atoms with Crippen LogP contribution in [0.25, 0.3) is 39.5 Å². The summed E-state index contributed by atoms with van der Waals surface area (Å²) in [5, 5.41) is 0. The van der Waals surface area contributed by atoms with Crippen LogP contribution in [0, 0.1) is 0 Å². The second-order valence-corrected chi connectivity index (χ2v) is 8.71. The Morgan fingerprint density at radius 3 is 2.09 bits per heavy atom. The molecule has 0 saturated heterocycles. The van der Waals surface area contributed by atoms with Crippen LogP contribution in [0.5, 0.6) is 11.5 Å². The highest BCUT2D eigenvalue weighted by Gasteiger charge is 2.21. The number of hydrogen-bond acceptors (Lipinski definition) is 3. The summed E-state index contributed by atoms with van der Waals surface area (Å²) in [5.74, 6) is 2.66. The fourth-order valence-electron chi connectivity index (χ4n) is 4.32. The first kappa shape index (κ1) is 20.3. The van der Waals surface area contributed by atoms with E-state index in [2.05, 4.69) is 48.6 Å². The number of nitrogens with zero attached hydrogens (tertiary/aromatic N) is 2. The molecule has 0 amide bonds. The summed E-state index contributed by atoms with van der Waals surface area (Å²) in [6.45, 7) is 4.42. The lowest BCUT2D eigenvalue weighted by atomic mass is 9.99. The van der Waals surface area contributed by atoms with Crippen LogP contribution in [0.4, 0.5) is 0 Å². The number of para-hydroxylation sites is 3.